The molecule has 1 unspecified atom stereocenters. The van der Waals surface area contributed by atoms with E-state index in [0.29, 0.717) is 29.7 Å². The molecule has 108 valence electrons. The van der Waals surface area contributed by atoms with Crippen LogP contribution in [0.15, 0.2) is 18.3 Å². The van der Waals surface area contributed by atoms with Crippen LogP contribution in [-0.4, -0.2) is 16.0 Å². The van der Waals surface area contributed by atoms with Gasteiger partial charge in [0, 0.05) is 11.6 Å². The molecule has 1 atom stereocenters. The second kappa shape index (κ2) is 6.13. The predicted octanol–water partition coefficient (Wildman–Crippen LogP) is 3.55. The van der Waals surface area contributed by atoms with E-state index in [9.17, 15) is 8.78 Å². The fourth-order valence-corrected chi connectivity index (χ4v) is 1.86. The summed E-state index contributed by atoms with van der Waals surface area (Å²) in [5, 5.41) is 3.29. The molecule has 2 aromatic rings. The number of imidazole rings is 1. The molecule has 1 aromatic heterocycles. The van der Waals surface area contributed by atoms with Gasteiger partial charge in [0.2, 0.25) is 0 Å². The van der Waals surface area contributed by atoms with Crippen LogP contribution in [0, 0.1) is 18.6 Å². The molecule has 2 rings (SSSR count). The molecule has 0 radical (unpaired) electrons. The normalized spacial score (nSPS) is 12.7. The molecule has 0 fully saturated rings. The molecule has 1 aromatic carbocycles. The van der Waals surface area contributed by atoms with E-state index in [1.807, 2.05) is 0 Å². The molecule has 0 bridgehead atoms. The standard InChI is InChI=1S/C15H19F2N3/c1-4-10(3)18-8-15-19-7-14(20-15)11-6-12(16)9(2)5-13(11)17/h5-7,10,18H,4,8H2,1-3H3,(H,19,20). The van der Waals surface area contributed by atoms with E-state index in [4.69, 9.17) is 0 Å². The smallest absolute Gasteiger partial charge is 0.133 e. The molecule has 20 heavy (non-hydrogen) atoms. The number of hydrogen-bond acceptors (Lipinski definition) is 2. The van der Waals surface area contributed by atoms with E-state index in [1.165, 1.54) is 25.3 Å². The molecule has 1 heterocycles. The van der Waals surface area contributed by atoms with Crippen molar-refractivity contribution in [3.8, 4) is 11.3 Å². The highest BCUT2D eigenvalue weighted by molar-refractivity contribution is 5.60. The Balaban J connectivity index is 2.18. The molecule has 0 saturated carbocycles. The van der Waals surface area contributed by atoms with Crippen molar-refractivity contribution in [3.63, 3.8) is 0 Å². The van der Waals surface area contributed by atoms with Crippen molar-refractivity contribution < 1.29 is 8.78 Å². The minimum atomic E-state index is -0.450. The highest BCUT2D eigenvalue weighted by Gasteiger charge is 2.12. The lowest BCUT2D eigenvalue weighted by Crippen LogP contribution is -2.24. The maximum atomic E-state index is 13.9. The summed E-state index contributed by atoms with van der Waals surface area (Å²) in [4.78, 5) is 7.20. The first-order chi connectivity index (χ1) is 9.51. The number of H-pyrrole nitrogens is 1. The zero-order valence-electron chi connectivity index (χ0n) is 11.9. The van der Waals surface area contributed by atoms with Crippen molar-refractivity contribution in [2.24, 2.45) is 0 Å². The Morgan fingerprint density at radius 2 is 2.05 bits per heavy atom. The van der Waals surface area contributed by atoms with Gasteiger partial charge in [-0.3, -0.25) is 0 Å². The molecule has 2 N–H and O–H groups in total. The van der Waals surface area contributed by atoms with Crippen LogP contribution in [0.2, 0.25) is 0 Å². The second-order valence-corrected chi connectivity index (χ2v) is 5.02. The van der Waals surface area contributed by atoms with Gasteiger partial charge in [-0.25, -0.2) is 13.8 Å². The van der Waals surface area contributed by atoms with Crippen molar-refractivity contribution >= 4 is 0 Å². The molecule has 0 aliphatic heterocycles. The average molecular weight is 279 g/mol. The van der Waals surface area contributed by atoms with Gasteiger partial charge in [-0.2, -0.15) is 0 Å². The molecule has 0 aliphatic carbocycles. The maximum Gasteiger partial charge on any atom is 0.133 e. The summed E-state index contributed by atoms with van der Waals surface area (Å²) >= 11 is 0. The number of aromatic nitrogens is 2. The maximum absolute atomic E-state index is 13.9. The van der Waals surface area contributed by atoms with Crippen molar-refractivity contribution in [3.05, 3.63) is 41.4 Å². The van der Waals surface area contributed by atoms with Gasteiger partial charge in [0.25, 0.3) is 0 Å². The fourth-order valence-electron chi connectivity index (χ4n) is 1.86. The summed E-state index contributed by atoms with van der Waals surface area (Å²) in [5.74, 6) is -0.162. The van der Waals surface area contributed by atoms with Gasteiger partial charge < -0.3 is 10.3 Å². The number of aromatic amines is 1. The van der Waals surface area contributed by atoms with Crippen molar-refractivity contribution in [2.75, 3.05) is 0 Å². The zero-order valence-corrected chi connectivity index (χ0v) is 11.9. The van der Waals surface area contributed by atoms with Crippen LogP contribution in [0.4, 0.5) is 8.78 Å². The van der Waals surface area contributed by atoms with Gasteiger partial charge in [0.05, 0.1) is 18.4 Å². The summed E-state index contributed by atoms with van der Waals surface area (Å²) in [6.45, 7) is 6.29. The number of hydrogen-bond donors (Lipinski definition) is 2. The predicted molar refractivity (Wildman–Crippen MR) is 75.3 cm³/mol. The monoisotopic (exact) mass is 279 g/mol. The highest BCUT2D eigenvalue weighted by Crippen LogP contribution is 2.24. The first-order valence-corrected chi connectivity index (χ1v) is 6.74. The summed E-state index contributed by atoms with van der Waals surface area (Å²) in [5.41, 5.74) is 0.988. The summed E-state index contributed by atoms with van der Waals surface area (Å²) < 4.78 is 27.4. The van der Waals surface area contributed by atoms with Crippen LogP contribution in [0.3, 0.4) is 0 Å². The third kappa shape index (κ3) is 3.22. The van der Waals surface area contributed by atoms with Gasteiger partial charge in [-0.05, 0) is 38.0 Å². The number of benzene rings is 1. The Hall–Kier alpha value is -1.75. The number of rotatable bonds is 5. The van der Waals surface area contributed by atoms with Crippen LogP contribution < -0.4 is 5.32 Å². The molecular formula is C15H19F2N3. The van der Waals surface area contributed by atoms with Gasteiger partial charge in [-0.1, -0.05) is 6.92 Å². The number of aryl methyl sites for hydroxylation is 1. The van der Waals surface area contributed by atoms with Crippen LogP contribution in [0.1, 0.15) is 31.7 Å². The van der Waals surface area contributed by atoms with Crippen molar-refractivity contribution in [1.82, 2.24) is 15.3 Å². The van der Waals surface area contributed by atoms with Crippen LogP contribution in [-0.2, 0) is 6.54 Å². The number of nitrogens with one attached hydrogen (secondary N) is 2. The van der Waals surface area contributed by atoms with Crippen LogP contribution in [0.25, 0.3) is 11.3 Å². The molecule has 0 saturated heterocycles. The molecule has 0 aliphatic rings. The third-order valence-electron chi connectivity index (χ3n) is 3.40. The first-order valence-electron chi connectivity index (χ1n) is 6.74. The fraction of sp³-hybridized carbons (Fsp3) is 0.400. The Labute approximate surface area is 117 Å². The van der Waals surface area contributed by atoms with E-state index < -0.39 is 11.6 Å². The van der Waals surface area contributed by atoms with E-state index in [1.54, 1.807) is 0 Å². The Morgan fingerprint density at radius 1 is 1.30 bits per heavy atom. The minimum absolute atomic E-state index is 0.204. The van der Waals surface area contributed by atoms with Gasteiger partial charge in [0.15, 0.2) is 0 Å². The Bertz CT molecular complexity index is 593. The Morgan fingerprint density at radius 3 is 2.75 bits per heavy atom. The van der Waals surface area contributed by atoms with E-state index >= 15 is 0 Å². The quantitative estimate of drug-likeness (QED) is 0.878. The van der Waals surface area contributed by atoms with Crippen molar-refractivity contribution in [2.45, 2.75) is 39.8 Å². The lowest BCUT2D eigenvalue weighted by Gasteiger charge is -2.09. The van der Waals surface area contributed by atoms with Gasteiger partial charge in [0.1, 0.15) is 17.5 Å². The first kappa shape index (κ1) is 14.7. The SMILES string of the molecule is CCC(C)NCc1ncc(-c2cc(F)c(C)cc2F)[nH]1. The topological polar surface area (TPSA) is 40.7 Å². The summed E-state index contributed by atoms with van der Waals surface area (Å²) in [6.07, 6.45) is 2.55. The summed E-state index contributed by atoms with van der Waals surface area (Å²) in [6, 6.07) is 2.78. The van der Waals surface area contributed by atoms with Gasteiger partial charge >= 0.3 is 0 Å². The lowest BCUT2D eigenvalue weighted by atomic mass is 10.1. The van der Waals surface area contributed by atoms with E-state index in [2.05, 4.69) is 29.1 Å². The van der Waals surface area contributed by atoms with E-state index in [0.717, 1.165) is 6.42 Å². The Kier molecular flexibility index (Phi) is 4.49. The van der Waals surface area contributed by atoms with Crippen LogP contribution in [0.5, 0.6) is 0 Å². The summed E-state index contributed by atoms with van der Waals surface area (Å²) in [7, 11) is 0. The third-order valence-corrected chi connectivity index (χ3v) is 3.40. The molecule has 0 spiro atoms. The second-order valence-electron chi connectivity index (χ2n) is 5.02. The zero-order chi connectivity index (χ0) is 14.7. The number of halogens is 2. The van der Waals surface area contributed by atoms with Crippen molar-refractivity contribution in [1.29, 1.82) is 0 Å². The van der Waals surface area contributed by atoms with E-state index in [-0.39, 0.29) is 5.56 Å². The lowest BCUT2D eigenvalue weighted by molar-refractivity contribution is 0.525. The molecule has 0 amide bonds. The van der Waals surface area contributed by atoms with Gasteiger partial charge in [-0.15, -0.1) is 0 Å². The number of nitrogens with zero attached hydrogens (tertiary/aromatic N) is 1. The minimum Gasteiger partial charge on any atom is -0.341 e. The molecular weight excluding hydrogens is 260 g/mol. The highest BCUT2D eigenvalue weighted by atomic mass is 19.1. The molecule has 5 heteroatoms. The largest absolute Gasteiger partial charge is 0.341 e. The molecule has 3 nitrogen and oxygen atoms in total. The van der Waals surface area contributed by atoms with Crippen LogP contribution >= 0.6 is 0 Å². The average Bonchev–Trinajstić information content (AvgIpc) is 2.88.